The van der Waals surface area contributed by atoms with Crippen LogP contribution in [0.2, 0.25) is 0 Å². The molecule has 9 nitrogen and oxygen atoms in total. The summed E-state index contributed by atoms with van der Waals surface area (Å²) in [5.41, 5.74) is 3.26. The highest BCUT2D eigenvalue weighted by Gasteiger charge is 2.29. The minimum Gasteiger partial charge on any atom is -0.456 e. The summed E-state index contributed by atoms with van der Waals surface area (Å²) >= 11 is 0. The van der Waals surface area contributed by atoms with Gasteiger partial charge in [0.25, 0.3) is 20.2 Å². The molecule has 0 saturated carbocycles. The second kappa shape index (κ2) is 14.5. The number of aryl methyl sites for hydroxylation is 1. The molecule has 46 heavy (non-hydrogen) atoms. The number of carbonyl (C=O) groups excluding carboxylic acids is 1. The van der Waals surface area contributed by atoms with E-state index in [4.69, 9.17) is 4.74 Å². The largest absolute Gasteiger partial charge is 0.456 e. The normalized spacial score (nSPS) is 13.5. The van der Waals surface area contributed by atoms with Gasteiger partial charge < -0.3 is 10.1 Å². The number of hydrogen-bond acceptors (Lipinski definition) is 6. The van der Waals surface area contributed by atoms with Gasteiger partial charge in [-0.15, -0.1) is 0 Å². The molecule has 248 valence electrons. The zero-order valence-corrected chi connectivity index (χ0v) is 28.5. The summed E-state index contributed by atoms with van der Waals surface area (Å²) in [4.78, 5) is 11.6. The molecule has 1 aliphatic heterocycles. The lowest BCUT2D eigenvalue weighted by molar-refractivity contribution is -0.119. The Labute approximate surface area is 271 Å². The Kier molecular flexibility index (Phi) is 11.1. The fraction of sp³-hybridized carbons (Fsp3) is 0.400. The first-order chi connectivity index (χ1) is 21.7. The SMILES string of the molecule is C=c1c(CCCC)cc2c(c1CCCC)Oc1cc(NC(=O)[C@@H](C)CCCC)ccc1C=2c1ccc(S(=O)(=O)O)cc1S(=O)(=O)O. The first-order valence-electron chi connectivity index (χ1n) is 15.8. The van der Waals surface area contributed by atoms with Crippen LogP contribution in [0.15, 0.2) is 52.3 Å². The molecule has 3 N–H and O–H groups in total. The number of nitrogens with one attached hydrogen (secondary N) is 1. The average Bonchev–Trinajstić information content (AvgIpc) is 3.00. The van der Waals surface area contributed by atoms with Crippen LogP contribution in [0.5, 0.6) is 11.5 Å². The smallest absolute Gasteiger partial charge is 0.295 e. The fourth-order valence-electron chi connectivity index (χ4n) is 5.76. The van der Waals surface area contributed by atoms with E-state index < -0.39 is 30.0 Å². The zero-order chi connectivity index (χ0) is 33.8. The number of hydrogen-bond donors (Lipinski definition) is 3. The molecule has 0 saturated heterocycles. The Morgan fingerprint density at radius 3 is 2.15 bits per heavy atom. The van der Waals surface area contributed by atoms with Crippen molar-refractivity contribution in [2.45, 2.75) is 95.3 Å². The van der Waals surface area contributed by atoms with Crippen molar-refractivity contribution in [3.63, 3.8) is 0 Å². The standard InChI is InChI=1S/C35H43NO8S2/c1-6-9-12-22(4)35(37)36-25-15-17-28-31(20-25)44-34-27(14-11-8-3)23(5)24(13-10-7-2)19-30(34)33(28)29-18-16-26(45(38,39)40)21-32(29)46(41,42)43/h15-22H,5-14H2,1-4H3,(H,36,37)(H,38,39,40)(H,41,42,43)/t22-/m0/s1. The van der Waals surface area contributed by atoms with Gasteiger partial charge in [-0.1, -0.05) is 66.0 Å². The summed E-state index contributed by atoms with van der Waals surface area (Å²) in [7, 11) is -9.76. The molecular weight excluding hydrogens is 627 g/mol. The van der Waals surface area contributed by atoms with Gasteiger partial charge in [0.1, 0.15) is 16.4 Å². The van der Waals surface area contributed by atoms with Crippen LogP contribution in [0, 0.1) is 5.92 Å². The molecule has 0 fully saturated rings. The molecule has 0 spiro atoms. The maximum absolute atomic E-state index is 12.9. The molecule has 0 aromatic heterocycles. The van der Waals surface area contributed by atoms with Crippen LogP contribution >= 0.6 is 0 Å². The average molecular weight is 670 g/mol. The predicted molar refractivity (Wildman–Crippen MR) is 180 cm³/mol. The number of carbonyl (C=O) groups is 1. The molecule has 1 aliphatic rings. The summed E-state index contributed by atoms with van der Waals surface area (Å²) in [5, 5.41) is 4.38. The molecule has 0 unspecified atom stereocenters. The molecule has 3 aromatic rings. The van der Waals surface area contributed by atoms with Crippen molar-refractivity contribution in [1.82, 2.24) is 0 Å². The molecule has 0 radical (unpaired) electrons. The quantitative estimate of drug-likeness (QED) is 0.131. The van der Waals surface area contributed by atoms with Crippen molar-refractivity contribution in [2.24, 2.45) is 5.92 Å². The summed E-state index contributed by atoms with van der Waals surface area (Å²) in [6.07, 6.45) is 7.66. The van der Waals surface area contributed by atoms with Gasteiger partial charge in [0, 0.05) is 45.2 Å². The highest BCUT2D eigenvalue weighted by atomic mass is 32.2. The Bertz CT molecular complexity index is 1970. The van der Waals surface area contributed by atoms with Crippen molar-refractivity contribution in [3.05, 3.63) is 75.2 Å². The molecule has 1 heterocycles. The summed E-state index contributed by atoms with van der Waals surface area (Å²) in [6, 6.07) is 10.1. The Morgan fingerprint density at radius 1 is 0.870 bits per heavy atom. The van der Waals surface area contributed by atoms with Crippen molar-refractivity contribution < 1.29 is 35.5 Å². The number of benzene rings is 3. The van der Waals surface area contributed by atoms with E-state index in [0.717, 1.165) is 79.8 Å². The summed E-state index contributed by atoms with van der Waals surface area (Å²) in [6.45, 7) is 12.5. The van der Waals surface area contributed by atoms with Crippen LogP contribution in [0.4, 0.5) is 5.69 Å². The highest BCUT2D eigenvalue weighted by Crippen LogP contribution is 2.41. The number of amides is 1. The molecule has 1 atom stereocenters. The van der Waals surface area contributed by atoms with Crippen LogP contribution in [0.1, 0.15) is 94.9 Å². The number of anilines is 1. The molecular formula is C35H43NO8S2. The van der Waals surface area contributed by atoms with Gasteiger partial charge in [-0.05, 0) is 73.2 Å². The molecule has 4 rings (SSSR count). The van der Waals surface area contributed by atoms with Gasteiger partial charge in [-0.3, -0.25) is 13.9 Å². The van der Waals surface area contributed by atoms with Crippen molar-refractivity contribution in [1.29, 1.82) is 0 Å². The molecule has 3 aromatic carbocycles. The lowest BCUT2D eigenvalue weighted by Crippen LogP contribution is -2.27. The van der Waals surface area contributed by atoms with E-state index in [1.807, 2.05) is 13.0 Å². The van der Waals surface area contributed by atoms with E-state index in [1.165, 1.54) is 6.07 Å². The van der Waals surface area contributed by atoms with E-state index in [-0.39, 0.29) is 17.4 Å². The minimum atomic E-state index is -4.98. The lowest BCUT2D eigenvalue weighted by Gasteiger charge is -2.26. The summed E-state index contributed by atoms with van der Waals surface area (Å²) < 4.78 is 76.0. The van der Waals surface area contributed by atoms with E-state index >= 15 is 0 Å². The Hall–Kier alpha value is -3.51. The van der Waals surface area contributed by atoms with Gasteiger partial charge >= 0.3 is 0 Å². The van der Waals surface area contributed by atoms with Gasteiger partial charge in [0.2, 0.25) is 5.91 Å². The van der Waals surface area contributed by atoms with Crippen LogP contribution in [-0.4, -0.2) is 31.8 Å². The monoisotopic (exact) mass is 669 g/mol. The number of unbranched alkanes of at least 4 members (excludes halogenated alkanes) is 3. The third-order valence-corrected chi connectivity index (χ3v) is 10.1. The fourth-order valence-corrected chi connectivity index (χ4v) is 7.06. The van der Waals surface area contributed by atoms with Crippen LogP contribution < -0.4 is 20.5 Å². The third-order valence-electron chi connectivity index (χ3n) is 8.41. The van der Waals surface area contributed by atoms with Crippen LogP contribution in [-0.2, 0) is 37.9 Å². The molecule has 1 amide bonds. The lowest BCUT2D eigenvalue weighted by atomic mass is 9.88. The maximum atomic E-state index is 12.9. The van der Waals surface area contributed by atoms with Gasteiger partial charge in [0.05, 0.1) is 4.90 Å². The predicted octanol–water partition coefficient (Wildman–Crippen LogP) is 6.39. The topological polar surface area (TPSA) is 147 Å². The minimum absolute atomic E-state index is 0.0327. The summed E-state index contributed by atoms with van der Waals surface area (Å²) in [5.74, 6) is 0.503. The number of fused-ring (bicyclic) bond motifs is 2. The Balaban J connectivity index is 2.07. The van der Waals surface area contributed by atoms with Crippen molar-refractivity contribution >= 4 is 44.0 Å². The number of rotatable bonds is 14. The molecule has 0 aliphatic carbocycles. The van der Waals surface area contributed by atoms with E-state index in [1.54, 1.807) is 18.2 Å². The Morgan fingerprint density at radius 2 is 1.52 bits per heavy atom. The number of ether oxygens (including phenoxy) is 1. The van der Waals surface area contributed by atoms with Crippen LogP contribution in [0.3, 0.4) is 0 Å². The van der Waals surface area contributed by atoms with E-state index in [9.17, 15) is 30.7 Å². The van der Waals surface area contributed by atoms with Crippen molar-refractivity contribution in [2.75, 3.05) is 5.32 Å². The first kappa shape index (κ1) is 35.3. The molecule has 0 bridgehead atoms. The van der Waals surface area contributed by atoms with Crippen LogP contribution in [0.25, 0.3) is 12.2 Å². The van der Waals surface area contributed by atoms with Gasteiger partial charge in [0.15, 0.2) is 0 Å². The van der Waals surface area contributed by atoms with Gasteiger partial charge in [-0.25, -0.2) is 0 Å². The first-order valence-corrected chi connectivity index (χ1v) is 18.7. The van der Waals surface area contributed by atoms with Gasteiger partial charge in [-0.2, -0.15) is 16.8 Å². The van der Waals surface area contributed by atoms with Crippen molar-refractivity contribution in [3.8, 4) is 11.5 Å². The third kappa shape index (κ3) is 7.71. The van der Waals surface area contributed by atoms with E-state index in [2.05, 4.69) is 32.7 Å². The zero-order valence-electron chi connectivity index (χ0n) is 26.9. The maximum Gasteiger partial charge on any atom is 0.295 e. The second-order valence-electron chi connectivity index (χ2n) is 11.9. The second-order valence-corrected chi connectivity index (χ2v) is 14.7. The molecule has 11 heteroatoms. The van der Waals surface area contributed by atoms with E-state index in [0.29, 0.717) is 40.0 Å². The highest BCUT2D eigenvalue weighted by molar-refractivity contribution is 7.86.